The number of halogens is 1. The van der Waals surface area contributed by atoms with Crippen LogP contribution in [0.2, 0.25) is 5.02 Å². The van der Waals surface area contributed by atoms with Gasteiger partial charge in [0.2, 0.25) is 5.91 Å². The number of hydrogen-bond acceptors (Lipinski definition) is 3. The summed E-state index contributed by atoms with van der Waals surface area (Å²) in [6.45, 7) is 0.747. The van der Waals surface area contributed by atoms with Gasteiger partial charge >= 0.3 is 6.03 Å². The number of ether oxygens (including phenoxy) is 1. The molecule has 1 aliphatic rings. The van der Waals surface area contributed by atoms with Gasteiger partial charge in [-0.05, 0) is 47.9 Å². The molecular weight excluding hydrogens is 342 g/mol. The molecule has 2 aromatic rings. The molecule has 25 heavy (non-hydrogen) atoms. The van der Waals surface area contributed by atoms with Gasteiger partial charge in [0.25, 0.3) is 0 Å². The van der Waals surface area contributed by atoms with Gasteiger partial charge in [-0.15, -0.1) is 0 Å². The number of carbonyl (C=O) groups excluding carboxylic acids is 2. The first-order valence-electron chi connectivity index (χ1n) is 7.85. The van der Waals surface area contributed by atoms with Gasteiger partial charge in [-0.3, -0.25) is 4.79 Å². The fourth-order valence-corrected chi connectivity index (χ4v) is 2.91. The van der Waals surface area contributed by atoms with Gasteiger partial charge < -0.3 is 21.1 Å². The predicted octanol–water partition coefficient (Wildman–Crippen LogP) is 2.70. The summed E-state index contributed by atoms with van der Waals surface area (Å²) in [4.78, 5) is 23.2. The van der Waals surface area contributed by atoms with Crippen molar-refractivity contribution in [1.82, 2.24) is 5.32 Å². The standard InChI is InChI=1S/C18H18ClN3O3/c19-14-3-6-16-12(8-14)7-13(10-25-16)17(23)21-9-11-1-4-15(5-2-11)22-18(20)24/h1-6,8,13H,7,9-10H2,(H,21,23)(H3,20,22,24). The number of amides is 3. The van der Waals surface area contributed by atoms with Gasteiger partial charge in [0, 0.05) is 17.3 Å². The minimum atomic E-state index is -0.612. The number of carbonyl (C=O) groups is 2. The highest BCUT2D eigenvalue weighted by Gasteiger charge is 2.25. The van der Waals surface area contributed by atoms with E-state index in [1.54, 1.807) is 18.2 Å². The van der Waals surface area contributed by atoms with Crippen molar-refractivity contribution in [3.05, 3.63) is 58.6 Å². The van der Waals surface area contributed by atoms with Crippen LogP contribution in [0.1, 0.15) is 11.1 Å². The summed E-state index contributed by atoms with van der Waals surface area (Å²) in [5, 5.41) is 6.03. The summed E-state index contributed by atoms with van der Waals surface area (Å²) in [6.07, 6.45) is 0.600. The van der Waals surface area contributed by atoms with Crippen LogP contribution in [0, 0.1) is 5.92 Å². The lowest BCUT2D eigenvalue weighted by Crippen LogP contribution is -2.37. The monoisotopic (exact) mass is 359 g/mol. The average molecular weight is 360 g/mol. The summed E-state index contributed by atoms with van der Waals surface area (Å²) in [6, 6.07) is 11.9. The number of nitrogens with one attached hydrogen (secondary N) is 2. The van der Waals surface area contributed by atoms with Crippen LogP contribution in [0.15, 0.2) is 42.5 Å². The first-order valence-corrected chi connectivity index (χ1v) is 8.23. The largest absolute Gasteiger partial charge is 0.492 e. The lowest BCUT2D eigenvalue weighted by molar-refractivity contribution is -0.126. The van der Waals surface area contributed by atoms with Crippen LogP contribution in [-0.4, -0.2) is 18.5 Å². The smallest absolute Gasteiger partial charge is 0.316 e. The zero-order valence-corrected chi connectivity index (χ0v) is 14.2. The molecule has 3 amide bonds. The number of urea groups is 1. The third kappa shape index (κ3) is 4.42. The van der Waals surface area contributed by atoms with E-state index >= 15 is 0 Å². The molecule has 1 atom stereocenters. The summed E-state index contributed by atoms with van der Waals surface area (Å²) < 4.78 is 5.65. The molecule has 1 aliphatic heterocycles. The van der Waals surface area contributed by atoms with Crippen molar-refractivity contribution in [1.29, 1.82) is 0 Å². The van der Waals surface area contributed by atoms with Crippen LogP contribution < -0.4 is 21.1 Å². The van der Waals surface area contributed by atoms with E-state index in [-0.39, 0.29) is 11.8 Å². The molecule has 0 saturated carbocycles. The fourth-order valence-electron chi connectivity index (χ4n) is 2.71. The van der Waals surface area contributed by atoms with Crippen molar-refractivity contribution in [2.45, 2.75) is 13.0 Å². The molecule has 4 N–H and O–H groups in total. The Hall–Kier alpha value is -2.73. The fraction of sp³-hybridized carbons (Fsp3) is 0.222. The van der Waals surface area contributed by atoms with Gasteiger partial charge in [-0.1, -0.05) is 23.7 Å². The lowest BCUT2D eigenvalue weighted by atomic mass is 9.96. The van der Waals surface area contributed by atoms with Crippen LogP contribution in [0.25, 0.3) is 0 Å². The SMILES string of the molecule is NC(=O)Nc1ccc(CNC(=O)C2COc3ccc(Cl)cc3C2)cc1. The maximum Gasteiger partial charge on any atom is 0.316 e. The molecule has 0 fully saturated rings. The molecule has 0 saturated heterocycles. The topological polar surface area (TPSA) is 93.5 Å². The van der Waals surface area contributed by atoms with Crippen molar-refractivity contribution in [3.63, 3.8) is 0 Å². The molecule has 1 heterocycles. The molecule has 0 aromatic heterocycles. The van der Waals surface area contributed by atoms with E-state index in [0.29, 0.717) is 30.3 Å². The molecule has 0 spiro atoms. The highest BCUT2D eigenvalue weighted by molar-refractivity contribution is 6.30. The van der Waals surface area contributed by atoms with Crippen molar-refractivity contribution in [2.24, 2.45) is 11.7 Å². The molecule has 6 nitrogen and oxygen atoms in total. The minimum absolute atomic E-state index is 0.0648. The Balaban J connectivity index is 1.55. The van der Waals surface area contributed by atoms with Crippen molar-refractivity contribution in [2.75, 3.05) is 11.9 Å². The Morgan fingerprint density at radius 3 is 2.68 bits per heavy atom. The first kappa shape index (κ1) is 17.1. The number of rotatable bonds is 4. The number of benzene rings is 2. The Morgan fingerprint density at radius 2 is 1.96 bits per heavy atom. The van der Waals surface area contributed by atoms with Crippen LogP contribution >= 0.6 is 11.6 Å². The third-order valence-electron chi connectivity index (χ3n) is 3.99. The van der Waals surface area contributed by atoms with Gasteiger partial charge in [0.15, 0.2) is 0 Å². The highest BCUT2D eigenvalue weighted by Crippen LogP contribution is 2.29. The number of primary amides is 1. The van der Waals surface area contributed by atoms with Crippen LogP contribution in [0.5, 0.6) is 5.75 Å². The Morgan fingerprint density at radius 1 is 1.20 bits per heavy atom. The van der Waals surface area contributed by atoms with Gasteiger partial charge in [0.1, 0.15) is 12.4 Å². The average Bonchev–Trinajstić information content (AvgIpc) is 2.59. The van der Waals surface area contributed by atoms with E-state index in [2.05, 4.69) is 10.6 Å². The van der Waals surface area contributed by atoms with Crippen molar-refractivity contribution < 1.29 is 14.3 Å². The van der Waals surface area contributed by atoms with E-state index < -0.39 is 6.03 Å². The van der Waals surface area contributed by atoms with Crippen LogP contribution in [-0.2, 0) is 17.8 Å². The van der Waals surface area contributed by atoms with Crippen LogP contribution in [0.4, 0.5) is 10.5 Å². The van der Waals surface area contributed by atoms with Gasteiger partial charge in [-0.2, -0.15) is 0 Å². The van der Waals surface area contributed by atoms with Crippen molar-refractivity contribution >= 4 is 29.2 Å². The molecule has 2 aromatic carbocycles. The molecular formula is C18H18ClN3O3. The summed E-state index contributed by atoms with van der Waals surface area (Å²) in [7, 11) is 0. The summed E-state index contributed by atoms with van der Waals surface area (Å²) in [5.74, 6) is 0.470. The van der Waals surface area contributed by atoms with E-state index in [9.17, 15) is 9.59 Å². The Labute approximate surface area is 150 Å². The zero-order chi connectivity index (χ0) is 17.8. The van der Waals surface area contributed by atoms with Crippen molar-refractivity contribution in [3.8, 4) is 5.75 Å². The normalized spacial score (nSPS) is 15.6. The maximum absolute atomic E-state index is 12.4. The van der Waals surface area contributed by atoms with Gasteiger partial charge in [-0.25, -0.2) is 4.79 Å². The van der Waals surface area contributed by atoms with E-state index in [4.69, 9.17) is 22.1 Å². The second kappa shape index (κ2) is 7.44. The Bertz CT molecular complexity index is 793. The summed E-state index contributed by atoms with van der Waals surface area (Å²) >= 11 is 6.00. The second-order valence-corrected chi connectivity index (χ2v) is 6.30. The molecule has 0 bridgehead atoms. The number of nitrogens with two attached hydrogens (primary N) is 1. The molecule has 7 heteroatoms. The minimum Gasteiger partial charge on any atom is -0.492 e. The molecule has 130 valence electrons. The van der Waals surface area contributed by atoms with E-state index in [1.165, 1.54) is 0 Å². The van der Waals surface area contributed by atoms with Gasteiger partial charge in [0.05, 0.1) is 5.92 Å². The predicted molar refractivity (Wildman–Crippen MR) is 95.6 cm³/mol. The number of hydrogen-bond donors (Lipinski definition) is 3. The number of fused-ring (bicyclic) bond motifs is 1. The molecule has 3 rings (SSSR count). The molecule has 0 aliphatic carbocycles. The number of anilines is 1. The third-order valence-corrected chi connectivity index (χ3v) is 4.22. The van der Waals surface area contributed by atoms with E-state index in [0.717, 1.165) is 16.9 Å². The first-order chi connectivity index (χ1) is 12.0. The quantitative estimate of drug-likeness (QED) is 0.783. The van der Waals surface area contributed by atoms with E-state index in [1.807, 2.05) is 24.3 Å². The molecule has 0 radical (unpaired) electrons. The lowest BCUT2D eigenvalue weighted by Gasteiger charge is -2.24. The zero-order valence-electron chi connectivity index (χ0n) is 13.4. The van der Waals surface area contributed by atoms with Crippen LogP contribution in [0.3, 0.4) is 0 Å². The molecule has 1 unspecified atom stereocenters. The highest BCUT2D eigenvalue weighted by atomic mass is 35.5. The Kier molecular flexibility index (Phi) is 5.09. The second-order valence-electron chi connectivity index (χ2n) is 5.87. The summed E-state index contributed by atoms with van der Waals surface area (Å²) in [5.41, 5.74) is 7.53. The maximum atomic E-state index is 12.4.